The van der Waals surface area contributed by atoms with Crippen LogP contribution in [0.15, 0.2) is 67.0 Å². The second kappa shape index (κ2) is 11.2. The molecule has 0 fully saturated rings. The van der Waals surface area contributed by atoms with Crippen LogP contribution in [0.4, 0.5) is 5.69 Å². The van der Waals surface area contributed by atoms with Crippen LogP contribution in [0, 0.1) is 0 Å². The fourth-order valence-electron chi connectivity index (χ4n) is 3.52. The first-order valence-corrected chi connectivity index (χ1v) is 10.8. The van der Waals surface area contributed by atoms with E-state index < -0.39 is 0 Å². The molecule has 0 aliphatic rings. The number of carbonyl (C=O) groups excluding carboxylic acids is 1. The molecular weight excluding hydrogens is 402 g/mol. The third kappa shape index (κ3) is 6.00. The molecule has 1 aromatic heterocycles. The highest BCUT2D eigenvalue weighted by atomic mass is 16.5. The lowest BCUT2D eigenvalue weighted by Crippen LogP contribution is -2.30. The van der Waals surface area contributed by atoms with Gasteiger partial charge in [0.1, 0.15) is 6.61 Å². The highest BCUT2D eigenvalue weighted by Gasteiger charge is 2.11. The molecule has 0 atom stereocenters. The maximum atomic E-state index is 12.6. The molecule has 0 spiro atoms. The number of methoxy groups -OCH3 is 1. The van der Waals surface area contributed by atoms with Gasteiger partial charge in [-0.3, -0.25) is 9.78 Å². The quantitative estimate of drug-likeness (QED) is 0.496. The summed E-state index contributed by atoms with van der Waals surface area (Å²) in [6.07, 6.45) is 3.47. The third-order valence-corrected chi connectivity index (χ3v) is 5.25. The number of carbonyl (C=O) groups is 1. The van der Waals surface area contributed by atoms with Crippen LogP contribution in [0.1, 0.15) is 42.3 Å². The monoisotopic (exact) mass is 433 g/mol. The summed E-state index contributed by atoms with van der Waals surface area (Å²) in [4.78, 5) is 18.9. The van der Waals surface area contributed by atoms with E-state index in [1.165, 1.54) is 0 Å². The third-order valence-electron chi connectivity index (χ3n) is 5.25. The molecule has 1 N–H and O–H groups in total. The van der Waals surface area contributed by atoms with Crippen LogP contribution in [-0.4, -0.2) is 30.6 Å². The van der Waals surface area contributed by atoms with E-state index in [2.05, 4.69) is 36.0 Å². The number of benzene rings is 2. The maximum absolute atomic E-state index is 12.6. The molecule has 6 heteroatoms. The van der Waals surface area contributed by atoms with E-state index in [9.17, 15) is 4.79 Å². The Hall–Kier alpha value is -3.54. The molecule has 1 amide bonds. The van der Waals surface area contributed by atoms with Crippen molar-refractivity contribution in [1.82, 2.24) is 10.3 Å². The first kappa shape index (κ1) is 23.1. The van der Waals surface area contributed by atoms with E-state index in [4.69, 9.17) is 9.47 Å². The molecule has 32 heavy (non-hydrogen) atoms. The zero-order valence-corrected chi connectivity index (χ0v) is 19.2. The van der Waals surface area contributed by atoms with Gasteiger partial charge in [0, 0.05) is 42.8 Å². The van der Waals surface area contributed by atoms with Crippen LogP contribution in [0.2, 0.25) is 0 Å². The Morgan fingerprint density at radius 3 is 2.34 bits per heavy atom. The van der Waals surface area contributed by atoms with Gasteiger partial charge in [-0.05, 0) is 80.4 Å². The van der Waals surface area contributed by atoms with Crippen LogP contribution in [0.3, 0.4) is 0 Å². The topological polar surface area (TPSA) is 63.7 Å². The Bertz CT molecular complexity index is 1000. The Morgan fingerprint density at radius 1 is 1.00 bits per heavy atom. The van der Waals surface area contributed by atoms with Crippen molar-refractivity contribution in [1.29, 1.82) is 0 Å². The molecule has 2 aromatic carbocycles. The Labute approximate surface area is 190 Å². The average Bonchev–Trinajstić information content (AvgIpc) is 2.82. The SMILES string of the molecule is CCN(c1ccc(C(=O)NCc2ccc(OCc3ccncc3)c(OC)c2)cc1)C(C)C. The first-order valence-electron chi connectivity index (χ1n) is 10.8. The number of anilines is 1. The zero-order valence-electron chi connectivity index (χ0n) is 19.2. The summed E-state index contributed by atoms with van der Waals surface area (Å²) in [6, 6.07) is 17.6. The molecule has 0 bridgehead atoms. The van der Waals surface area contributed by atoms with Gasteiger partial charge >= 0.3 is 0 Å². The van der Waals surface area contributed by atoms with Gasteiger partial charge < -0.3 is 19.7 Å². The second-order valence-electron chi connectivity index (χ2n) is 7.74. The molecule has 0 aliphatic carbocycles. The van der Waals surface area contributed by atoms with Gasteiger partial charge in [-0.1, -0.05) is 6.07 Å². The highest BCUT2D eigenvalue weighted by Crippen LogP contribution is 2.29. The van der Waals surface area contributed by atoms with Gasteiger partial charge in [-0.2, -0.15) is 0 Å². The standard InChI is InChI=1S/C26H31N3O3/c1-5-29(19(2)3)23-9-7-22(8-10-23)26(30)28-17-21-6-11-24(25(16-21)31-4)32-18-20-12-14-27-15-13-20/h6-16,19H,5,17-18H2,1-4H3,(H,28,30). The smallest absolute Gasteiger partial charge is 0.251 e. The second-order valence-corrected chi connectivity index (χ2v) is 7.74. The highest BCUT2D eigenvalue weighted by molar-refractivity contribution is 5.94. The first-order chi connectivity index (χ1) is 15.5. The maximum Gasteiger partial charge on any atom is 0.251 e. The molecule has 168 valence electrons. The summed E-state index contributed by atoms with van der Waals surface area (Å²) in [6.45, 7) is 8.20. The predicted molar refractivity (Wildman–Crippen MR) is 127 cm³/mol. The number of aromatic nitrogens is 1. The van der Waals surface area contributed by atoms with Crippen molar-refractivity contribution in [3.05, 3.63) is 83.7 Å². The van der Waals surface area contributed by atoms with Crippen molar-refractivity contribution in [3.8, 4) is 11.5 Å². The van der Waals surface area contributed by atoms with Gasteiger partial charge in [0.05, 0.1) is 7.11 Å². The minimum absolute atomic E-state index is 0.110. The summed E-state index contributed by atoms with van der Waals surface area (Å²) in [7, 11) is 1.61. The van der Waals surface area contributed by atoms with Gasteiger partial charge in [-0.25, -0.2) is 0 Å². The lowest BCUT2D eigenvalue weighted by atomic mass is 10.1. The van der Waals surface area contributed by atoms with Crippen LogP contribution >= 0.6 is 0 Å². The van der Waals surface area contributed by atoms with Crippen LogP contribution in [-0.2, 0) is 13.2 Å². The number of ether oxygens (including phenoxy) is 2. The number of hydrogen-bond acceptors (Lipinski definition) is 5. The van der Waals surface area contributed by atoms with Crippen molar-refractivity contribution in [3.63, 3.8) is 0 Å². The van der Waals surface area contributed by atoms with Crippen molar-refractivity contribution in [2.24, 2.45) is 0 Å². The number of nitrogens with zero attached hydrogens (tertiary/aromatic N) is 2. The fraction of sp³-hybridized carbons (Fsp3) is 0.308. The molecule has 1 heterocycles. The molecule has 0 unspecified atom stereocenters. The van der Waals surface area contributed by atoms with E-state index in [0.717, 1.165) is 23.4 Å². The van der Waals surface area contributed by atoms with Crippen LogP contribution < -0.4 is 19.7 Å². The molecule has 6 nitrogen and oxygen atoms in total. The van der Waals surface area contributed by atoms with Gasteiger partial charge in [0.25, 0.3) is 5.91 Å². The number of pyridine rings is 1. The van der Waals surface area contributed by atoms with Crippen molar-refractivity contribution in [2.45, 2.75) is 40.0 Å². The van der Waals surface area contributed by atoms with Crippen molar-refractivity contribution in [2.75, 3.05) is 18.6 Å². The largest absolute Gasteiger partial charge is 0.493 e. The summed E-state index contributed by atoms with van der Waals surface area (Å²) >= 11 is 0. The lowest BCUT2D eigenvalue weighted by molar-refractivity contribution is 0.0951. The normalized spacial score (nSPS) is 10.7. The minimum Gasteiger partial charge on any atom is -0.493 e. The van der Waals surface area contributed by atoms with E-state index >= 15 is 0 Å². The molecule has 0 aliphatic heterocycles. The number of rotatable bonds is 10. The molecule has 0 radical (unpaired) electrons. The number of amides is 1. The van der Waals surface area contributed by atoms with Crippen LogP contribution in [0.5, 0.6) is 11.5 Å². The van der Waals surface area contributed by atoms with Gasteiger partial charge in [0.15, 0.2) is 11.5 Å². The van der Waals surface area contributed by atoms with E-state index in [1.54, 1.807) is 19.5 Å². The minimum atomic E-state index is -0.110. The number of hydrogen-bond donors (Lipinski definition) is 1. The lowest BCUT2D eigenvalue weighted by Gasteiger charge is -2.27. The zero-order chi connectivity index (χ0) is 22.9. The fourth-order valence-corrected chi connectivity index (χ4v) is 3.52. The molecular formula is C26H31N3O3. The van der Waals surface area contributed by atoms with Crippen LogP contribution in [0.25, 0.3) is 0 Å². The summed E-state index contributed by atoms with van der Waals surface area (Å²) in [5.74, 6) is 1.17. The Morgan fingerprint density at radius 2 is 1.72 bits per heavy atom. The Balaban J connectivity index is 1.59. The van der Waals surface area contributed by atoms with E-state index in [0.29, 0.717) is 36.3 Å². The van der Waals surface area contributed by atoms with Crippen molar-refractivity contribution >= 4 is 11.6 Å². The molecule has 3 aromatic rings. The molecule has 0 saturated carbocycles. The summed E-state index contributed by atoms with van der Waals surface area (Å²) < 4.78 is 11.4. The summed E-state index contributed by atoms with van der Waals surface area (Å²) in [5, 5.41) is 2.97. The van der Waals surface area contributed by atoms with Gasteiger partial charge in [0.2, 0.25) is 0 Å². The average molecular weight is 434 g/mol. The molecule has 0 saturated heterocycles. The molecule has 3 rings (SSSR count). The summed E-state index contributed by atoms with van der Waals surface area (Å²) in [5.41, 5.74) is 3.71. The Kier molecular flexibility index (Phi) is 8.08. The van der Waals surface area contributed by atoms with Gasteiger partial charge in [-0.15, -0.1) is 0 Å². The van der Waals surface area contributed by atoms with Crippen molar-refractivity contribution < 1.29 is 14.3 Å². The predicted octanol–water partition coefficient (Wildman–Crippen LogP) is 4.83. The number of nitrogens with one attached hydrogen (secondary N) is 1. The van der Waals surface area contributed by atoms with E-state index in [1.807, 2.05) is 54.6 Å². The van der Waals surface area contributed by atoms with E-state index in [-0.39, 0.29) is 5.91 Å².